The topological polar surface area (TPSA) is 38.7 Å². The second kappa shape index (κ2) is 10.1. The Balaban J connectivity index is 1.25. The van der Waals surface area contributed by atoms with Crippen molar-refractivity contribution in [3.63, 3.8) is 0 Å². The highest BCUT2D eigenvalue weighted by molar-refractivity contribution is 5.96. The number of aromatic nitrogens is 2. The summed E-state index contributed by atoms with van der Waals surface area (Å²) in [7, 11) is 2.21. The van der Waals surface area contributed by atoms with E-state index in [1.807, 2.05) is 6.20 Å². The number of rotatable bonds is 2. The molecule has 0 spiro atoms. The molecule has 0 bridgehead atoms. The number of anilines is 7. The van der Waals surface area contributed by atoms with Gasteiger partial charge in [-0.15, -0.1) is 0 Å². The van der Waals surface area contributed by atoms with Crippen molar-refractivity contribution >= 4 is 45.5 Å². The molecule has 232 valence electrons. The van der Waals surface area contributed by atoms with Gasteiger partial charge in [0.15, 0.2) is 11.6 Å². The van der Waals surface area contributed by atoms with Crippen LogP contribution in [-0.2, 0) is 0 Å². The first-order valence-corrected chi connectivity index (χ1v) is 16.7. The number of para-hydroxylation sites is 5. The molecule has 0 aliphatic carbocycles. The Labute approximate surface area is 280 Å². The average molecular weight is 623 g/mol. The summed E-state index contributed by atoms with van der Waals surface area (Å²) in [6.07, 6.45) is 1.92. The summed E-state index contributed by atoms with van der Waals surface area (Å²) in [5.74, 6) is 1.79. The first-order chi connectivity index (χ1) is 23.6. The lowest BCUT2D eigenvalue weighted by Gasteiger charge is -2.50. The predicted molar refractivity (Wildman–Crippen MR) is 196 cm³/mol. The van der Waals surface area contributed by atoms with Crippen LogP contribution in [0.15, 0.2) is 140 Å². The highest BCUT2D eigenvalue weighted by atomic mass is 15.5. The molecule has 6 aromatic rings. The van der Waals surface area contributed by atoms with Crippen molar-refractivity contribution < 1.29 is 0 Å². The maximum Gasteiger partial charge on any atom is 0.161 e. The third kappa shape index (κ3) is 3.57. The van der Waals surface area contributed by atoms with Crippen molar-refractivity contribution in [2.24, 2.45) is 5.92 Å². The van der Waals surface area contributed by atoms with Gasteiger partial charge in [-0.2, -0.15) is 0 Å². The van der Waals surface area contributed by atoms with E-state index in [-0.39, 0.29) is 24.2 Å². The number of benzene rings is 5. The summed E-state index contributed by atoms with van der Waals surface area (Å²) in [6, 6.07) is 45.8. The minimum absolute atomic E-state index is 0.0414. The van der Waals surface area contributed by atoms with Crippen molar-refractivity contribution in [2.45, 2.75) is 25.2 Å². The summed E-state index contributed by atoms with van der Waals surface area (Å²) in [5, 5.41) is 0. The Morgan fingerprint density at radius 2 is 1.19 bits per heavy atom. The number of nitrogens with zero attached hydrogens (tertiary/aromatic N) is 6. The largest absolute Gasteiger partial charge is 0.337 e. The highest BCUT2D eigenvalue weighted by Crippen LogP contribution is 2.63. The quantitative estimate of drug-likeness (QED) is 0.192. The second-order valence-corrected chi connectivity index (χ2v) is 13.2. The minimum Gasteiger partial charge on any atom is -0.337 e. The molecular formula is C42H34N6. The van der Waals surface area contributed by atoms with Crippen molar-refractivity contribution in [2.75, 3.05) is 26.6 Å². The molecule has 5 aromatic carbocycles. The van der Waals surface area contributed by atoms with E-state index in [0.717, 1.165) is 34.0 Å². The zero-order valence-corrected chi connectivity index (χ0v) is 26.9. The fourth-order valence-corrected chi connectivity index (χ4v) is 8.88. The zero-order chi connectivity index (χ0) is 32.1. The Hall–Kier alpha value is -5.88. The summed E-state index contributed by atoms with van der Waals surface area (Å²) in [4.78, 5) is 20.4. The van der Waals surface area contributed by atoms with Crippen molar-refractivity contribution in [1.29, 1.82) is 0 Å². The fraction of sp³-hybridized carbons (Fsp3) is 0.143. The molecule has 0 amide bonds. The van der Waals surface area contributed by atoms with E-state index in [0.29, 0.717) is 0 Å². The number of hydrogen-bond donors (Lipinski definition) is 0. The van der Waals surface area contributed by atoms with Gasteiger partial charge >= 0.3 is 0 Å². The first-order valence-electron chi connectivity index (χ1n) is 16.7. The van der Waals surface area contributed by atoms with Gasteiger partial charge in [0, 0.05) is 41.4 Å². The first kappa shape index (κ1) is 27.3. The molecule has 4 atom stereocenters. The van der Waals surface area contributed by atoms with Crippen LogP contribution in [0.25, 0.3) is 17.0 Å². The van der Waals surface area contributed by atoms with Crippen LogP contribution in [0.3, 0.4) is 0 Å². The fourth-order valence-electron chi connectivity index (χ4n) is 8.88. The number of aryl methyl sites for hydroxylation is 1. The molecule has 1 aromatic heterocycles. The lowest BCUT2D eigenvalue weighted by Crippen LogP contribution is -2.59. The lowest BCUT2D eigenvalue weighted by molar-refractivity contribution is 0.324. The Bertz CT molecular complexity index is 2260. The molecule has 0 saturated carbocycles. The van der Waals surface area contributed by atoms with Crippen molar-refractivity contribution in [3.8, 4) is 11.4 Å². The summed E-state index contributed by atoms with van der Waals surface area (Å²) >= 11 is 0. The van der Waals surface area contributed by atoms with Gasteiger partial charge in [0.25, 0.3) is 0 Å². The molecular weight excluding hydrogens is 589 g/mol. The molecule has 6 heteroatoms. The molecule has 5 heterocycles. The normalized spacial score (nSPS) is 21.4. The van der Waals surface area contributed by atoms with Crippen LogP contribution in [0.4, 0.5) is 39.9 Å². The second-order valence-electron chi connectivity index (χ2n) is 13.2. The molecule has 6 nitrogen and oxygen atoms in total. The van der Waals surface area contributed by atoms with Gasteiger partial charge in [-0.3, -0.25) is 0 Å². The number of fused-ring (bicyclic) bond motifs is 14. The van der Waals surface area contributed by atoms with Crippen LogP contribution in [0.2, 0.25) is 0 Å². The van der Waals surface area contributed by atoms with E-state index in [9.17, 15) is 0 Å². The number of hydrogen-bond acceptors (Lipinski definition) is 6. The average Bonchev–Trinajstić information content (AvgIpc) is 3.59. The van der Waals surface area contributed by atoms with Gasteiger partial charge in [-0.05, 0) is 60.0 Å². The summed E-state index contributed by atoms with van der Waals surface area (Å²) in [6.45, 7) is 7.05. The third-order valence-electron chi connectivity index (χ3n) is 10.8. The monoisotopic (exact) mass is 622 g/mol. The van der Waals surface area contributed by atoms with Crippen LogP contribution in [-0.4, -0.2) is 29.3 Å². The van der Waals surface area contributed by atoms with Crippen molar-refractivity contribution in [3.05, 3.63) is 157 Å². The van der Waals surface area contributed by atoms with Crippen LogP contribution >= 0.6 is 0 Å². The molecule has 0 radical (unpaired) electrons. The summed E-state index contributed by atoms with van der Waals surface area (Å²) in [5.41, 5.74) is 12.9. The molecule has 0 N–H and O–H groups in total. The summed E-state index contributed by atoms with van der Waals surface area (Å²) < 4.78 is 0. The van der Waals surface area contributed by atoms with Gasteiger partial charge in [0.2, 0.25) is 0 Å². The molecule has 0 fully saturated rings. The van der Waals surface area contributed by atoms with Crippen LogP contribution in [0, 0.1) is 12.8 Å². The molecule has 0 saturated heterocycles. The van der Waals surface area contributed by atoms with E-state index >= 15 is 0 Å². The third-order valence-corrected chi connectivity index (χ3v) is 10.8. The van der Waals surface area contributed by atoms with E-state index in [1.54, 1.807) is 0 Å². The molecule has 4 aliphatic rings. The molecule has 10 rings (SSSR count). The molecule has 4 aliphatic heterocycles. The zero-order valence-electron chi connectivity index (χ0n) is 26.9. The van der Waals surface area contributed by atoms with Gasteiger partial charge in [-0.1, -0.05) is 97.6 Å². The van der Waals surface area contributed by atoms with Gasteiger partial charge in [0.05, 0.1) is 23.3 Å². The molecule has 4 unspecified atom stereocenters. The Kier molecular flexibility index (Phi) is 5.71. The lowest BCUT2D eigenvalue weighted by atomic mass is 9.72. The van der Waals surface area contributed by atoms with Crippen LogP contribution in [0.5, 0.6) is 0 Å². The van der Waals surface area contributed by atoms with Crippen molar-refractivity contribution in [1.82, 2.24) is 9.97 Å². The van der Waals surface area contributed by atoms with Crippen LogP contribution < -0.4 is 19.6 Å². The van der Waals surface area contributed by atoms with E-state index in [4.69, 9.17) is 16.5 Å². The highest BCUT2D eigenvalue weighted by Gasteiger charge is 2.58. The standard InChI is InChI=1S/C42H34N6/c1-26-15-7-8-18-29(26)39-43-25-36-40(44-39)45(3)41-38-37(31-20-10-12-22-33(31)48(36)41)27(2)30-19-9-11-21-32(30)47-35-24-14-13-23-34(35)46(42(38)47)28-16-5-4-6-17-28/h4-25,37-38,41-42H,2H2,1,3H3. The minimum atomic E-state index is -0.0587. The van der Waals surface area contributed by atoms with Gasteiger partial charge < -0.3 is 19.6 Å². The maximum atomic E-state index is 5.31. The Morgan fingerprint density at radius 1 is 0.583 bits per heavy atom. The maximum absolute atomic E-state index is 5.31. The Morgan fingerprint density at radius 3 is 1.96 bits per heavy atom. The molecule has 48 heavy (non-hydrogen) atoms. The SMILES string of the molecule is C=C1c2ccccc2N2c3ccccc3N(c3ccccc3)C2C2C1c1ccccc1N1c3cnc(-c4ccccc4C)nc3N(C)C21. The number of allylic oxidation sites excluding steroid dienone is 1. The van der Waals surface area contributed by atoms with E-state index in [1.165, 1.54) is 39.6 Å². The smallest absolute Gasteiger partial charge is 0.161 e. The van der Waals surface area contributed by atoms with Gasteiger partial charge in [0.1, 0.15) is 18.0 Å². The van der Waals surface area contributed by atoms with E-state index in [2.05, 4.69) is 161 Å². The van der Waals surface area contributed by atoms with Gasteiger partial charge in [-0.25, -0.2) is 9.97 Å². The predicted octanol–water partition coefficient (Wildman–Crippen LogP) is 9.42. The van der Waals surface area contributed by atoms with E-state index < -0.39 is 0 Å². The van der Waals surface area contributed by atoms with Crippen LogP contribution in [0.1, 0.15) is 22.6 Å².